The van der Waals surface area contributed by atoms with Crippen LogP contribution in [0.3, 0.4) is 0 Å². The Kier molecular flexibility index (Phi) is 8.74. The Morgan fingerprint density at radius 1 is 1.03 bits per heavy atom. The molecule has 0 unspecified atom stereocenters. The Labute approximate surface area is 181 Å². The van der Waals surface area contributed by atoms with Crippen LogP contribution in [0.1, 0.15) is 31.9 Å². The van der Waals surface area contributed by atoms with E-state index < -0.39 is 11.7 Å². The van der Waals surface area contributed by atoms with Crippen molar-refractivity contribution in [1.82, 2.24) is 5.32 Å². The number of rotatable bonds is 5. The van der Waals surface area contributed by atoms with Gasteiger partial charge in [-0.2, -0.15) is 13.2 Å². The molecule has 0 aromatic heterocycles. The third kappa shape index (κ3) is 8.49. The van der Waals surface area contributed by atoms with Crippen molar-refractivity contribution in [3.05, 3.63) is 59.7 Å². The lowest BCUT2D eigenvalue weighted by atomic mass is 10.1. The minimum Gasteiger partial charge on any atom is -0.487 e. The maximum Gasteiger partial charge on any atom is 0.416 e. The van der Waals surface area contributed by atoms with Gasteiger partial charge in [0.05, 0.1) is 11.3 Å². The molecule has 2 aromatic rings. The van der Waals surface area contributed by atoms with E-state index in [9.17, 15) is 18.0 Å². The average Bonchev–Trinajstić information content (AvgIpc) is 2.72. The first-order valence-corrected chi connectivity index (χ1v) is 10.1. The molecular formula is C23H29F3N2O3. The Morgan fingerprint density at radius 3 is 2.19 bits per heavy atom. The van der Waals surface area contributed by atoms with Crippen molar-refractivity contribution in [2.24, 2.45) is 0 Å². The van der Waals surface area contributed by atoms with Crippen LogP contribution in [0.25, 0.3) is 0 Å². The fraction of sp³-hybridized carbons (Fsp3) is 0.435. The molecule has 0 aliphatic carbocycles. The van der Waals surface area contributed by atoms with E-state index in [1.807, 2.05) is 51.1 Å². The minimum atomic E-state index is -4.38. The number of piperazine rings is 1. The zero-order valence-corrected chi connectivity index (χ0v) is 18.0. The maximum absolute atomic E-state index is 13.0. The Bertz CT molecular complexity index is 815. The second-order valence-corrected chi connectivity index (χ2v) is 8.02. The molecule has 1 N–H and O–H groups in total. The lowest BCUT2D eigenvalue weighted by Gasteiger charge is -2.31. The van der Waals surface area contributed by atoms with E-state index in [0.29, 0.717) is 12.2 Å². The summed E-state index contributed by atoms with van der Waals surface area (Å²) in [5.41, 5.74) is 0.618. The minimum absolute atomic E-state index is 0.237. The van der Waals surface area contributed by atoms with E-state index in [2.05, 4.69) is 15.0 Å². The normalized spacial score (nSPS) is 14.3. The lowest BCUT2D eigenvalue weighted by molar-refractivity contribution is -0.139. The van der Waals surface area contributed by atoms with Crippen molar-refractivity contribution in [2.75, 3.05) is 31.1 Å². The van der Waals surface area contributed by atoms with E-state index in [-0.39, 0.29) is 18.0 Å². The smallest absolute Gasteiger partial charge is 0.416 e. The molecule has 170 valence electrons. The summed E-state index contributed by atoms with van der Waals surface area (Å²) in [6, 6.07) is 13.1. The van der Waals surface area contributed by atoms with Crippen molar-refractivity contribution in [3.63, 3.8) is 0 Å². The first-order chi connectivity index (χ1) is 14.6. The number of alkyl halides is 3. The third-order valence-electron chi connectivity index (χ3n) is 4.38. The molecule has 2 aromatic carbocycles. The summed E-state index contributed by atoms with van der Waals surface area (Å²) in [5.74, 6) is 0.274. The van der Waals surface area contributed by atoms with Gasteiger partial charge >= 0.3 is 6.18 Å². The monoisotopic (exact) mass is 438 g/mol. The number of nitrogens with zero attached hydrogens (tertiary/aromatic N) is 1. The standard InChI is InChI=1S/C18H19F3N2O.C5H10O2/c19-18(20,21)15-6-7-16(23-10-8-22-9-11-23)17(12-15)24-13-14-4-2-1-3-5-14;1-5(2,3)7-4-6/h1-7,12,22H,8-11,13H2;4H,1-3H3. The highest BCUT2D eigenvalue weighted by Crippen LogP contribution is 2.37. The van der Waals surface area contributed by atoms with Crippen molar-refractivity contribution in [3.8, 4) is 5.75 Å². The van der Waals surface area contributed by atoms with Crippen LogP contribution in [0, 0.1) is 0 Å². The van der Waals surface area contributed by atoms with Gasteiger partial charge in [-0.3, -0.25) is 4.79 Å². The van der Waals surface area contributed by atoms with E-state index in [4.69, 9.17) is 4.74 Å². The van der Waals surface area contributed by atoms with Gasteiger partial charge in [-0.15, -0.1) is 0 Å². The van der Waals surface area contributed by atoms with Crippen LogP contribution in [-0.4, -0.2) is 38.3 Å². The van der Waals surface area contributed by atoms with Gasteiger partial charge in [0.15, 0.2) is 0 Å². The molecule has 1 fully saturated rings. The second-order valence-electron chi connectivity index (χ2n) is 8.02. The number of benzene rings is 2. The van der Waals surface area contributed by atoms with Crippen LogP contribution in [0.15, 0.2) is 48.5 Å². The summed E-state index contributed by atoms with van der Waals surface area (Å²) in [4.78, 5) is 11.7. The number of carbonyl (C=O) groups excluding carboxylic acids is 1. The summed E-state index contributed by atoms with van der Waals surface area (Å²) < 4.78 is 49.4. The van der Waals surface area contributed by atoms with Gasteiger partial charge in [-0.05, 0) is 44.5 Å². The summed E-state index contributed by atoms with van der Waals surface area (Å²) in [5, 5.41) is 3.23. The molecule has 1 aliphatic heterocycles. The van der Waals surface area contributed by atoms with Crippen LogP contribution in [0.4, 0.5) is 18.9 Å². The zero-order chi connectivity index (χ0) is 22.9. The number of hydrogen-bond acceptors (Lipinski definition) is 5. The Hall–Kier alpha value is -2.74. The van der Waals surface area contributed by atoms with Crippen LogP contribution in [0.2, 0.25) is 0 Å². The third-order valence-corrected chi connectivity index (χ3v) is 4.38. The van der Waals surface area contributed by atoms with E-state index >= 15 is 0 Å². The first kappa shape index (κ1) is 24.5. The van der Waals surface area contributed by atoms with Crippen molar-refractivity contribution < 1.29 is 27.4 Å². The molecule has 5 nitrogen and oxygen atoms in total. The molecule has 1 saturated heterocycles. The van der Waals surface area contributed by atoms with Gasteiger partial charge < -0.3 is 19.7 Å². The van der Waals surface area contributed by atoms with Gasteiger partial charge in [0.25, 0.3) is 6.47 Å². The van der Waals surface area contributed by atoms with Crippen LogP contribution >= 0.6 is 0 Å². The predicted octanol–water partition coefficient (Wildman–Crippen LogP) is 4.65. The van der Waals surface area contributed by atoms with Gasteiger partial charge in [-0.1, -0.05) is 30.3 Å². The molecule has 31 heavy (non-hydrogen) atoms. The second kappa shape index (κ2) is 11.0. The molecule has 0 radical (unpaired) electrons. The van der Waals surface area contributed by atoms with Gasteiger partial charge in [0.1, 0.15) is 18.0 Å². The molecular weight excluding hydrogens is 409 g/mol. The number of ether oxygens (including phenoxy) is 2. The summed E-state index contributed by atoms with van der Waals surface area (Å²) in [6.07, 6.45) is -4.38. The highest BCUT2D eigenvalue weighted by molar-refractivity contribution is 5.60. The molecule has 0 atom stereocenters. The SMILES string of the molecule is CC(C)(C)OC=O.FC(F)(F)c1ccc(N2CCNCC2)c(OCc2ccccc2)c1. The molecule has 8 heteroatoms. The van der Waals surface area contributed by atoms with E-state index in [0.717, 1.165) is 43.9 Å². The molecule has 0 spiro atoms. The number of halogens is 3. The van der Waals surface area contributed by atoms with Crippen LogP contribution in [0.5, 0.6) is 5.75 Å². The quantitative estimate of drug-likeness (QED) is 0.689. The number of nitrogens with one attached hydrogen (secondary N) is 1. The topological polar surface area (TPSA) is 50.8 Å². The molecule has 0 saturated carbocycles. The summed E-state index contributed by atoms with van der Waals surface area (Å²) in [6.45, 7) is 9.25. The summed E-state index contributed by atoms with van der Waals surface area (Å²) in [7, 11) is 0. The number of hydrogen-bond donors (Lipinski definition) is 1. The average molecular weight is 438 g/mol. The largest absolute Gasteiger partial charge is 0.487 e. The highest BCUT2D eigenvalue weighted by atomic mass is 19.4. The molecule has 1 heterocycles. The maximum atomic E-state index is 13.0. The van der Waals surface area contributed by atoms with Gasteiger partial charge in [0, 0.05) is 26.2 Å². The van der Waals surface area contributed by atoms with Crippen LogP contribution < -0.4 is 15.0 Å². The van der Waals surface area contributed by atoms with Gasteiger partial charge in [0.2, 0.25) is 0 Å². The Balaban J connectivity index is 0.000000423. The van der Waals surface area contributed by atoms with Crippen molar-refractivity contribution in [1.29, 1.82) is 0 Å². The van der Waals surface area contributed by atoms with E-state index in [1.54, 1.807) is 0 Å². The van der Waals surface area contributed by atoms with Crippen molar-refractivity contribution >= 4 is 12.2 Å². The molecule has 0 amide bonds. The Morgan fingerprint density at radius 2 is 1.68 bits per heavy atom. The molecule has 0 bridgehead atoms. The summed E-state index contributed by atoms with van der Waals surface area (Å²) >= 11 is 0. The van der Waals surface area contributed by atoms with Crippen molar-refractivity contribution in [2.45, 2.75) is 39.2 Å². The number of anilines is 1. The van der Waals surface area contributed by atoms with Gasteiger partial charge in [-0.25, -0.2) is 0 Å². The fourth-order valence-corrected chi connectivity index (χ4v) is 2.85. The first-order valence-electron chi connectivity index (χ1n) is 10.1. The van der Waals surface area contributed by atoms with Crippen LogP contribution in [-0.2, 0) is 22.3 Å². The lowest BCUT2D eigenvalue weighted by Crippen LogP contribution is -2.43. The predicted molar refractivity (Wildman–Crippen MR) is 114 cm³/mol. The number of carbonyl (C=O) groups is 1. The zero-order valence-electron chi connectivity index (χ0n) is 18.0. The fourth-order valence-electron chi connectivity index (χ4n) is 2.85. The van der Waals surface area contributed by atoms with E-state index in [1.165, 1.54) is 6.07 Å². The molecule has 1 aliphatic rings. The highest BCUT2D eigenvalue weighted by Gasteiger charge is 2.32. The molecule has 3 rings (SSSR count).